The number of aromatic nitrogens is 1. The van der Waals surface area contributed by atoms with E-state index in [1.165, 1.54) is 30.6 Å². The van der Waals surface area contributed by atoms with Crippen LogP contribution in [0.25, 0.3) is 0 Å². The van der Waals surface area contributed by atoms with E-state index < -0.39 is 17.7 Å². The zero-order chi connectivity index (χ0) is 14.7. The number of benzene rings is 1. The lowest BCUT2D eigenvalue weighted by Crippen LogP contribution is -2.15. The zero-order valence-corrected chi connectivity index (χ0v) is 11.5. The van der Waals surface area contributed by atoms with Crippen LogP contribution in [-0.2, 0) is 0 Å². The summed E-state index contributed by atoms with van der Waals surface area (Å²) in [5.41, 5.74) is 0.00669. The second-order valence-corrected chi connectivity index (χ2v) is 4.66. The maximum Gasteiger partial charge on any atom is 0.337 e. The van der Waals surface area contributed by atoms with E-state index in [2.05, 4.69) is 26.2 Å². The van der Waals surface area contributed by atoms with Gasteiger partial charge in [-0.05, 0) is 40.2 Å². The average Bonchev–Trinajstić information content (AvgIpc) is 2.41. The fraction of sp³-hybridized carbons (Fsp3) is 0. The first-order valence-electron chi connectivity index (χ1n) is 5.42. The van der Waals surface area contributed by atoms with Gasteiger partial charge in [0.2, 0.25) is 0 Å². The highest BCUT2D eigenvalue weighted by Gasteiger charge is 2.15. The molecule has 5 nitrogen and oxygen atoms in total. The third-order valence-electron chi connectivity index (χ3n) is 2.47. The number of pyridine rings is 1. The topological polar surface area (TPSA) is 79.3 Å². The summed E-state index contributed by atoms with van der Waals surface area (Å²) < 4.78 is 13.5. The van der Waals surface area contributed by atoms with Crippen LogP contribution >= 0.6 is 15.9 Å². The number of rotatable bonds is 3. The van der Waals surface area contributed by atoms with Gasteiger partial charge in [-0.3, -0.25) is 9.78 Å². The molecule has 0 fully saturated rings. The summed E-state index contributed by atoms with van der Waals surface area (Å²) >= 11 is 3.13. The number of aromatic carboxylic acids is 1. The van der Waals surface area contributed by atoms with Crippen LogP contribution in [0.2, 0.25) is 0 Å². The van der Waals surface area contributed by atoms with Gasteiger partial charge in [-0.15, -0.1) is 0 Å². The normalized spacial score (nSPS) is 10.1. The van der Waals surface area contributed by atoms with E-state index >= 15 is 0 Å². The first-order chi connectivity index (χ1) is 9.49. The van der Waals surface area contributed by atoms with Crippen molar-refractivity contribution in [3.8, 4) is 0 Å². The van der Waals surface area contributed by atoms with Crippen LogP contribution in [0.1, 0.15) is 20.7 Å². The highest BCUT2D eigenvalue weighted by molar-refractivity contribution is 9.10. The summed E-state index contributed by atoms with van der Waals surface area (Å²) in [4.78, 5) is 26.8. The summed E-state index contributed by atoms with van der Waals surface area (Å²) in [7, 11) is 0. The molecule has 0 atom stereocenters. The minimum Gasteiger partial charge on any atom is -0.478 e. The van der Waals surface area contributed by atoms with E-state index in [9.17, 15) is 14.0 Å². The highest BCUT2D eigenvalue weighted by Crippen LogP contribution is 2.20. The van der Waals surface area contributed by atoms with Gasteiger partial charge in [0.05, 0.1) is 23.0 Å². The number of hydrogen-bond acceptors (Lipinski definition) is 3. The molecule has 1 amide bonds. The van der Waals surface area contributed by atoms with Crippen molar-refractivity contribution in [3.05, 3.63) is 58.1 Å². The second-order valence-electron chi connectivity index (χ2n) is 3.80. The molecule has 0 saturated heterocycles. The van der Waals surface area contributed by atoms with Crippen molar-refractivity contribution in [1.82, 2.24) is 4.98 Å². The standard InChI is InChI=1S/C13H8BrFN2O3/c14-10-2-1-7(15)5-9(10)12(18)17-11-6-16-4-3-8(11)13(19)20/h1-6H,(H,17,18)(H,19,20). The molecular formula is C13H8BrFN2O3. The Kier molecular flexibility index (Phi) is 4.09. The van der Waals surface area contributed by atoms with Gasteiger partial charge in [-0.25, -0.2) is 9.18 Å². The predicted octanol–water partition coefficient (Wildman–Crippen LogP) is 2.93. The average molecular weight is 339 g/mol. The lowest BCUT2D eigenvalue weighted by Gasteiger charge is -2.09. The van der Waals surface area contributed by atoms with Crippen molar-refractivity contribution < 1.29 is 19.1 Å². The van der Waals surface area contributed by atoms with Crippen molar-refractivity contribution >= 4 is 33.5 Å². The highest BCUT2D eigenvalue weighted by atomic mass is 79.9. The van der Waals surface area contributed by atoms with Crippen molar-refractivity contribution in [2.24, 2.45) is 0 Å². The Morgan fingerprint density at radius 3 is 2.70 bits per heavy atom. The van der Waals surface area contributed by atoms with E-state index in [1.54, 1.807) is 0 Å². The Balaban J connectivity index is 2.33. The second kappa shape index (κ2) is 5.79. The van der Waals surface area contributed by atoms with Gasteiger partial charge in [0, 0.05) is 10.7 Å². The zero-order valence-electron chi connectivity index (χ0n) is 9.93. The molecule has 0 bridgehead atoms. The third kappa shape index (κ3) is 3.00. The number of carboxylic acid groups (broad SMARTS) is 1. The van der Waals surface area contributed by atoms with Crippen LogP contribution in [0.3, 0.4) is 0 Å². The molecule has 2 rings (SSSR count). The van der Waals surface area contributed by atoms with Crippen molar-refractivity contribution in [2.45, 2.75) is 0 Å². The molecule has 2 N–H and O–H groups in total. The largest absolute Gasteiger partial charge is 0.478 e. The summed E-state index contributed by atoms with van der Waals surface area (Å²) in [6.45, 7) is 0. The molecule has 1 heterocycles. The van der Waals surface area contributed by atoms with E-state index in [1.807, 2.05) is 0 Å². The Labute approximate surface area is 121 Å². The number of nitrogens with one attached hydrogen (secondary N) is 1. The molecule has 7 heteroatoms. The third-order valence-corrected chi connectivity index (χ3v) is 3.16. The molecule has 0 saturated carbocycles. The molecule has 20 heavy (non-hydrogen) atoms. The number of nitrogens with zero attached hydrogens (tertiary/aromatic N) is 1. The molecule has 0 spiro atoms. The molecule has 0 aliphatic heterocycles. The van der Waals surface area contributed by atoms with Gasteiger partial charge in [-0.2, -0.15) is 0 Å². The van der Waals surface area contributed by atoms with E-state index in [4.69, 9.17) is 5.11 Å². The van der Waals surface area contributed by atoms with Crippen LogP contribution in [0.4, 0.5) is 10.1 Å². The fourth-order valence-corrected chi connectivity index (χ4v) is 1.97. The summed E-state index contributed by atoms with van der Waals surface area (Å²) in [6, 6.07) is 4.91. The summed E-state index contributed by atoms with van der Waals surface area (Å²) in [5, 5.41) is 11.4. The fourth-order valence-electron chi connectivity index (χ4n) is 1.54. The maximum atomic E-state index is 13.1. The Morgan fingerprint density at radius 2 is 2.00 bits per heavy atom. The Morgan fingerprint density at radius 1 is 1.25 bits per heavy atom. The van der Waals surface area contributed by atoms with E-state index in [0.29, 0.717) is 4.47 Å². The van der Waals surface area contributed by atoms with Crippen molar-refractivity contribution in [2.75, 3.05) is 5.32 Å². The van der Waals surface area contributed by atoms with Crippen LogP contribution < -0.4 is 5.32 Å². The first-order valence-corrected chi connectivity index (χ1v) is 6.22. The van der Waals surface area contributed by atoms with Crippen LogP contribution in [0.15, 0.2) is 41.1 Å². The van der Waals surface area contributed by atoms with Crippen molar-refractivity contribution in [3.63, 3.8) is 0 Å². The monoisotopic (exact) mass is 338 g/mol. The molecule has 0 aliphatic carbocycles. The van der Waals surface area contributed by atoms with E-state index in [0.717, 1.165) is 6.07 Å². The smallest absolute Gasteiger partial charge is 0.337 e. The maximum absolute atomic E-state index is 13.1. The Bertz CT molecular complexity index is 691. The number of anilines is 1. The number of carboxylic acids is 1. The van der Waals surface area contributed by atoms with Gasteiger partial charge in [0.25, 0.3) is 5.91 Å². The molecule has 1 aromatic heterocycles. The van der Waals surface area contributed by atoms with Crippen molar-refractivity contribution in [1.29, 1.82) is 0 Å². The number of halogens is 2. The first kappa shape index (κ1) is 14.1. The summed E-state index contributed by atoms with van der Waals surface area (Å²) in [5.74, 6) is -2.39. The number of carbonyl (C=O) groups excluding carboxylic acids is 1. The number of hydrogen-bond donors (Lipinski definition) is 2. The lowest BCUT2D eigenvalue weighted by atomic mass is 10.2. The molecular weight excluding hydrogens is 331 g/mol. The molecule has 0 aliphatic rings. The van der Waals surface area contributed by atoms with Crippen LogP contribution in [-0.4, -0.2) is 22.0 Å². The van der Waals surface area contributed by atoms with Crippen LogP contribution in [0, 0.1) is 5.82 Å². The van der Waals surface area contributed by atoms with E-state index in [-0.39, 0.29) is 16.8 Å². The number of amides is 1. The molecule has 1 aromatic carbocycles. The van der Waals surface area contributed by atoms with Crippen LogP contribution in [0.5, 0.6) is 0 Å². The van der Waals surface area contributed by atoms with Gasteiger partial charge in [0.15, 0.2) is 0 Å². The SMILES string of the molecule is O=C(Nc1cnccc1C(=O)O)c1cc(F)ccc1Br. The quantitative estimate of drug-likeness (QED) is 0.901. The molecule has 0 unspecified atom stereocenters. The minimum atomic E-state index is -1.19. The predicted molar refractivity (Wildman–Crippen MR) is 73.2 cm³/mol. The van der Waals surface area contributed by atoms with Gasteiger partial charge >= 0.3 is 5.97 Å². The lowest BCUT2D eigenvalue weighted by molar-refractivity contribution is 0.0698. The molecule has 0 radical (unpaired) electrons. The number of carbonyl (C=O) groups is 2. The molecule has 102 valence electrons. The summed E-state index contributed by atoms with van der Waals surface area (Å²) in [6.07, 6.45) is 2.52. The molecule has 2 aromatic rings. The van der Waals surface area contributed by atoms with Gasteiger partial charge < -0.3 is 10.4 Å². The van der Waals surface area contributed by atoms with Gasteiger partial charge in [0.1, 0.15) is 5.82 Å². The van der Waals surface area contributed by atoms with Gasteiger partial charge in [-0.1, -0.05) is 0 Å². The minimum absolute atomic E-state index is 0.0427. The Hall–Kier alpha value is -2.28.